The summed E-state index contributed by atoms with van der Waals surface area (Å²) in [7, 11) is -3.54. The molecule has 0 aromatic carbocycles. The van der Waals surface area contributed by atoms with Gasteiger partial charge in [-0.25, -0.2) is 27.6 Å². The number of carbonyl (C=O) groups excluding carboxylic acids is 7. The van der Waals surface area contributed by atoms with Gasteiger partial charge >= 0.3 is 24.1 Å². The lowest BCUT2D eigenvalue weighted by Gasteiger charge is -2.21. The number of amides is 3. The highest BCUT2D eigenvalue weighted by Gasteiger charge is 2.15. The maximum atomic E-state index is 12.5. The van der Waals surface area contributed by atoms with Crippen LogP contribution in [-0.4, -0.2) is 206 Å². The number of nitrogens with one attached hydrogen (secondary N) is 3. The minimum atomic E-state index is -3.54. The van der Waals surface area contributed by atoms with Crippen LogP contribution in [0.5, 0.6) is 0 Å². The van der Waals surface area contributed by atoms with Crippen molar-refractivity contribution >= 4 is 51.4 Å². The predicted octanol–water partition coefficient (Wildman–Crippen LogP) is -1.44. The molecule has 3 amide bonds. The third-order valence-electron chi connectivity index (χ3n) is 6.81. The lowest BCUT2D eigenvalue weighted by Crippen LogP contribution is -2.42. The number of esters is 2. The van der Waals surface area contributed by atoms with E-state index in [0.29, 0.717) is 26.1 Å². The van der Waals surface area contributed by atoms with Crippen molar-refractivity contribution < 1.29 is 89.3 Å². The minimum Gasteiger partial charge on any atom is -0.463 e. The largest absolute Gasteiger partial charge is 0.463 e. The summed E-state index contributed by atoms with van der Waals surface area (Å²) in [4.78, 5) is 84.8. The SMILES string of the molecule is C=CS(=O)(=O)CCNC(=O)CN(CCOC(=O)COCC(=O)COCCOCCNC(=O)OCCC)CCOC(=O)COCC(=O)COCCOCCNC(=O)OCCC. The van der Waals surface area contributed by atoms with Gasteiger partial charge in [0.25, 0.3) is 0 Å². The van der Waals surface area contributed by atoms with Crippen molar-refractivity contribution in [2.24, 2.45) is 0 Å². The standard InChI is InChI=1S/C36H62N4O19S/c1-4-12-58-35(46)38-7-14-50-18-20-52-24-30(41)26-54-28-33(44)56-16-10-40(23-32(43)37-9-22-60(48,49)6-3)11-17-57-34(45)29-55-27-31(42)25-53-21-19-51-15-8-39-36(47)59-13-5-2/h6H,3-5,7-29H2,1-2H3,(H,37,43)(H,38,46)(H,39,47). The second kappa shape index (κ2) is 37.7. The molecule has 0 saturated carbocycles. The molecule has 0 aliphatic rings. The summed E-state index contributed by atoms with van der Waals surface area (Å²) in [5, 5.41) is 8.27. The summed E-state index contributed by atoms with van der Waals surface area (Å²) in [6, 6.07) is 0. The van der Waals surface area contributed by atoms with Gasteiger partial charge in [0, 0.05) is 38.1 Å². The molecule has 3 N–H and O–H groups in total. The van der Waals surface area contributed by atoms with Crippen LogP contribution in [0.15, 0.2) is 12.0 Å². The Morgan fingerprint density at radius 2 is 0.950 bits per heavy atom. The molecule has 0 heterocycles. The number of ether oxygens (including phenoxy) is 10. The average Bonchev–Trinajstić information content (AvgIpc) is 3.20. The van der Waals surface area contributed by atoms with Crippen molar-refractivity contribution in [2.45, 2.75) is 26.7 Å². The summed E-state index contributed by atoms with van der Waals surface area (Å²) in [6.07, 6.45) is 0.366. The molecule has 0 aliphatic carbocycles. The number of ketones is 2. The van der Waals surface area contributed by atoms with E-state index < -0.39 is 77.9 Å². The lowest BCUT2D eigenvalue weighted by atomic mass is 10.4. The van der Waals surface area contributed by atoms with Gasteiger partial charge < -0.3 is 63.3 Å². The molecule has 23 nitrogen and oxygen atoms in total. The van der Waals surface area contributed by atoms with Crippen LogP contribution >= 0.6 is 0 Å². The summed E-state index contributed by atoms with van der Waals surface area (Å²) in [5.41, 5.74) is 0. The van der Waals surface area contributed by atoms with Crippen molar-refractivity contribution in [1.29, 1.82) is 0 Å². The van der Waals surface area contributed by atoms with Gasteiger partial charge in [-0.15, -0.1) is 0 Å². The van der Waals surface area contributed by atoms with Crippen molar-refractivity contribution in [1.82, 2.24) is 20.9 Å². The molecule has 0 radical (unpaired) electrons. The Hall–Kier alpha value is -4.30. The van der Waals surface area contributed by atoms with E-state index in [-0.39, 0.29) is 111 Å². The number of alkyl carbamates (subject to hydrolysis) is 2. The maximum Gasteiger partial charge on any atom is 0.407 e. The van der Waals surface area contributed by atoms with Crippen LogP contribution in [0.3, 0.4) is 0 Å². The van der Waals surface area contributed by atoms with Crippen LogP contribution < -0.4 is 16.0 Å². The van der Waals surface area contributed by atoms with Gasteiger partial charge in [-0.3, -0.25) is 19.3 Å². The molecule has 0 atom stereocenters. The molecule has 0 aliphatic heterocycles. The number of hydrogen-bond donors (Lipinski definition) is 3. The third-order valence-corrected chi connectivity index (χ3v) is 8.09. The number of sulfone groups is 1. The van der Waals surface area contributed by atoms with Crippen LogP contribution in [0.4, 0.5) is 9.59 Å². The Kier molecular flexibility index (Phi) is 35.0. The van der Waals surface area contributed by atoms with Gasteiger partial charge in [0.05, 0.1) is 65.2 Å². The second-order valence-electron chi connectivity index (χ2n) is 12.1. The highest BCUT2D eigenvalue weighted by molar-refractivity contribution is 7.94. The molecule has 0 spiro atoms. The van der Waals surface area contributed by atoms with Gasteiger partial charge in [0.15, 0.2) is 21.4 Å². The first kappa shape index (κ1) is 55.7. The highest BCUT2D eigenvalue weighted by atomic mass is 32.2. The first-order valence-electron chi connectivity index (χ1n) is 19.3. The molecule has 0 fully saturated rings. The van der Waals surface area contributed by atoms with Gasteiger partial charge in [-0.2, -0.15) is 0 Å². The van der Waals surface area contributed by atoms with Crippen LogP contribution in [-0.2, 0) is 81.2 Å². The van der Waals surface area contributed by atoms with E-state index in [1.165, 1.54) is 4.90 Å². The Bertz CT molecular complexity index is 1300. The first-order chi connectivity index (χ1) is 28.8. The zero-order valence-electron chi connectivity index (χ0n) is 34.6. The minimum absolute atomic E-state index is 0.00384. The Morgan fingerprint density at radius 3 is 1.38 bits per heavy atom. The Labute approximate surface area is 350 Å². The molecule has 24 heteroatoms. The van der Waals surface area contributed by atoms with Gasteiger partial charge in [-0.05, 0) is 12.8 Å². The second-order valence-corrected chi connectivity index (χ2v) is 14.2. The number of carbonyl (C=O) groups is 7. The Morgan fingerprint density at radius 1 is 0.517 bits per heavy atom. The molecule has 0 aromatic rings. The van der Waals surface area contributed by atoms with E-state index in [0.717, 1.165) is 5.41 Å². The molecule has 0 aromatic heterocycles. The van der Waals surface area contributed by atoms with Gasteiger partial charge in [0.1, 0.15) is 52.9 Å². The van der Waals surface area contributed by atoms with E-state index in [9.17, 15) is 42.0 Å². The topological polar surface area (TPSA) is 285 Å². The fraction of sp³-hybridized carbons (Fsp3) is 0.750. The van der Waals surface area contributed by atoms with Crippen molar-refractivity contribution in [3.05, 3.63) is 12.0 Å². The van der Waals surface area contributed by atoms with E-state index in [1.54, 1.807) is 0 Å². The van der Waals surface area contributed by atoms with Gasteiger partial charge in [0.2, 0.25) is 5.91 Å². The van der Waals surface area contributed by atoms with Gasteiger partial charge in [-0.1, -0.05) is 20.4 Å². The van der Waals surface area contributed by atoms with Crippen LogP contribution in [0.1, 0.15) is 26.7 Å². The van der Waals surface area contributed by atoms with Crippen LogP contribution in [0.2, 0.25) is 0 Å². The number of hydrogen-bond acceptors (Lipinski definition) is 20. The molecular formula is C36H62N4O19S. The van der Waals surface area contributed by atoms with Crippen LogP contribution in [0, 0.1) is 0 Å². The van der Waals surface area contributed by atoms with E-state index in [2.05, 4.69) is 22.5 Å². The first-order valence-corrected chi connectivity index (χ1v) is 21.0. The van der Waals surface area contributed by atoms with E-state index in [1.807, 2.05) is 13.8 Å². The van der Waals surface area contributed by atoms with E-state index in [4.69, 9.17) is 47.4 Å². The predicted molar refractivity (Wildman–Crippen MR) is 210 cm³/mol. The molecule has 0 saturated heterocycles. The summed E-state index contributed by atoms with van der Waals surface area (Å²) >= 11 is 0. The lowest BCUT2D eigenvalue weighted by molar-refractivity contribution is -0.150. The highest BCUT2D eigenvalue weighted by Crippen LogP contribution is 1.95. The van der Waals surface area contributed by atoms with E-state index >= 15 is 0 Å². The fourth-order valence-electron chi connectivity index (χ4n) is 3.94. The summed E-state index contributed by atoms with van der Waals surface area (Å²) < 4.78 is 74.3. The number of rotatable bonds is 40. The van der Waals surface area contributed by atoms with Crippen molar-refractivity contribution in [3.8, 4) is 0 Å². The third kappa shape index (κ3) is 36.8. The fourth-order valence-corrected chi connectivity index (χ4v) is 4.49. The molecule has 346 valence electrons. The maximum absolute atomic E-state index is 12.5. The zero-order valence-corrected chi connectivity index (χ0v) is 35.4. The molecule has 0 rings (SSSR count). The quantitative estimate of drug-likeness (QED) is 0.0361. The summed E-state index contributed by atoms with van der Waals surface area (Å²) in [5.74, 6) is -3.38. The average molecular weight is 887 g/mol. The smallest absolute Gasteiger partial charge is 0.407 e. The monoisotopic (exact) mass is 886 g/mol. The molecule has 0 bridgehead atoms. The normalized spacial score (nSPS) is 11.1. The van der Waals surface area contributed by atoms with Crippen molar-refractivity contribution in [3.63, 3.8) is 0 Å². The Balaban J connectivity index is 4.39. The number of Topliss-reactive ketones (excluding diaryl/α,β-unsaturated/α-hetero) is 2. The van der Waals surface area contributed by atoms with Crippen LogP contribution in [0.25, 0.3) is 0 Å². The molecule has 60 heavy (non-hydrogen) atoms. The molecule has 0 unspecified atom stereocenters. The summed E-state index contributed by atoms with van der Waals surface area (Å²) in [6.45, 7) is 5.78. The van der Waals surface area contributed by atoms with Crippen molar-refractivity contribution in [2.75, 3.05) is 151 Å². The zero-order chi connectivity index (χ0) is 44.7. The number of nitrogens with zero attached hydrogens (tertiary/aromatic N) is 1. The molecular weight excluding hydrogens is 824 g/mol.